The summed E-state index contributed by atoms with van der Waals surface area (Å²) < 4.78 is 5.88. The molecule has 2 amide bonds. The summed E-state index contributed by atoms with van der Waals surface area (Å²) in [7, 11) is 0. The van der Waals surface area contributed by atoms with Crippen molar-refractivity contribution in [1.82, 2.24) is 4.90 Å². The highest BCUT2D eigenvalue weighted by molar-refractivity contribution is 5.92. The fourth-order valence-corrected chi connectivity index (χ4v) is 3.63. The normalized spacial score (nSPS) is 14.7. The van der Waals surface area contributed by atoms with Crippen molar-refractivity contribution in [3.05, 3.63) is 59.7 Å². The molecule has 154 valence electrons. The third kappa shape index (κ3) is 5.59. The molecule has 3 rings (SSSR count). The standard InChI is InChI=1S/C24H30N2O3/c1-17(2)21-10-9-18(3)15-22(21)29-16-23(27)26-13-11-19(12-14-26)24(28)25-20-7-5-4-6-8-20/h4-10,15,17,19H,11-14,16H2,1-3H3,(H,25,28). The lowest BCUT2D eigenvalue weighted by Gasteiger charge is -2.31. The SMILES string of the molecule is Cc1ccc(C(C)C)c(OCC(=O)N2CCC(C(=O)Nc3ccccc3)CC2)c1. The average Bonchev–Trinajstić information content (AvgIpc) is 2.72. The molecule has 0 radical (unpaired) electrons. The van der Waals surface area contributed by atoms with Crippen molar-refractivity contribution in [3.63, 3.8) is 0 Å². The third-order valence-electron chi connectivity index (χ3n) is 5.40. The van der Waals surface area contributed by atoms with Gasteiger partial charge in [-0.05, 0) is 55.0 Å². The second-order valence-corrected chi connectivity index (χ2v) is 7.99. The molecule has 5 heteroatoms. The van der Waals surface area contributed by atoms with Crippen LogP contribution in [0.2, 0.25) is 0 Å². The van der Waals surface area contributed by atoms with E-state index in [1.165, 1.54) is 0 Å². The van der Waals surface area contributed by atoms with E-state index in [1.807, 2.05) is 43.3 Å². The van der Waals surface area contributed by atoms with Crippen LogP contribution in [0, 0.1) is 12.8 Å². The van der Waals surface area contributed by atoms with Crippen LogP contribution < -0.4 is 10.1 Å². The monoisotopic (exact) mass is 394 g/mol. The largest absolute Gasteiger partial charge is 0.483 e. The molecule has 0 aliphatic carbocycles. The molecule has 0 saturated carbocycles. The van der Waals surface area contributed by atoms with Crippen LogP contribution in [-0.2, 0) is 9.59 Å². The lowest BCUT2D eigenvalue weighted by molar-refractivity contribution is -0.136. The van der Waals surface area contributed by atoms with Crippen molar-refractivity contribution in [1.29, 1.82) is 0 Å². The number of nitrogens with one attached hydrogen (secondary N) is 1. The minimum Gasteiger partial charge on any atom is -0.483 e. The number of carbonyl (C=O) groups excluding carboxylic acids is 2. The van der Waals surface area contributed by atoms with Gasteiger partial charge in [-0.15, -0.1) is 0 Å². The second kappa shape index (κ2) is 9.59. The lowest BCUT2D eigenvalue weighted by atomic mass is 9.95. The first-order valence-corrected chi connectivity index (χ1v) is 10.3. The summed E-state index contributed by atoms with van der Waals surface area (Å²) in [5, 5.41) is 2.96. The van der Waals surface area contributed by atoms with E-state index in [4.69, 9.17) is 4.74 Å². The molecule has 0 unspecified atom stereocenters. The van der Waals surface area contributed by atoms with Crippen LogP contribution in [-0.4, -0.2) is 36.4 Å². The Bertz CT molecular complexity index is 840. The first-order chi connectivity index (χ1) is 13.9. The molecule has 1 saturated heterocycles. The van der Waals surface area contributed by atoms with Crippen molar-refractivity contribution < 1.29 is 14.3 Å². The van der Waals surface area contributed by atoms with Crippen LogP contribution in [0.15, 0.2) is 48.5 Å². The van der Waals surface area contributed by atoms with E-state index in [0.29, 0.717) is 31.8 Å². The van der Waals surface area contributed by atoms with Gasteiger partial charge in [-0.1, -0.05) is 44.2 Å². The minimum absolute atomic E-state index is 0.0249. The fraction of sp³-hybridized carbons (Fsp3) is 0.417. The van der Waals surface area contributed by atoms with Gasteiger partial charge in [-0.25, -0.2) is 0 Å². The van der Waals surface area contributed by atoms with Crippen molar-refractivity contribution in [2.75, 3.05) is 25.0 Å². The van der Waals surface area contributed by atoms with Crippen molar-refractivity contribution in [2.24, 2.45) is 5.92 Å². The Hall–Kier alpha value is -2.82. The predicted octanol–water partition coefficient (Wildman–Crippen LogP) is 4.37. The van der Waals surface area contributed by atoms with E-state index >= 15 is 0 Å². The maximum Gasteiger partial charge on any atom is 0.260 e. The topological polar surface area (TPSA) is 58.6 Å². The first kappa shape index (κ1) is 20.9. The molecule has 1 aliphatic heterocycles. The number of carbonyl (C=O) groups is 2. The zero-order chi connectivity index (χ0) is 20.8. The molecule has 1 aliphatic rings. The molecule has 1 N–H and O–H groups in total. The van der Waals surface area contributed by atoms with Crippen LogP contribution >= 0.6 is 0 Å². The molecule has 0 aromatic heterocycles. The highest BCUT2D eigenvalue weighted by Crippen LogP contribution is 2.27. The zero-order valence-electron chi connectivity index (χ0n) is 17.5. The molecule has 2 aromatic carbocycles. The maximum atomic E-state index is 12.6. The smallest absolute Gasteiger partial charge is 0.260 e. The van der Waals surface area contributed by atoms with Gasteiger partial charge in [0.15, 0.2) is 6.61 Å². The van der Waals surface area contributed by atoms with E-state index < -0.39 is 0 Å². The molecule has 5 nitrogen and oxygen atoms in total. The molecule has 0 spiro atoms. The van der Waals surface area contributed by atoms with Gasteiger partial charge in [0.05, 0.1) is 0 Å². The molecule has 1 heterocycles. The van der Waals surface area contributed by atoms with Gasteiger partial charge < -0.3 is 15.0 Å². The van der Waals surface area contributed by atoms with Crippen LogP contribution in [0.4, 0.5) is 5.69 Å². The Morgan fingerprint density at radius 2 is 1.79 bits per heavy atom. The summed E-state index contributed by atoms with van der Waals surface area (Å²) in [4.78, 5) is 26.9. The van der Waals surface area contributed by atoms with Crippen LogP contribution in [0.5, 0.6) is 5.75 Å². The van der Waals surface area contributed by atoms with E-state index in [2.05, 4.69) is 31.3 Å². The van der Waals surface area contributed by atoms with Gasteiger partial charge in [-0.3, -0.25) is 9.59 Å². The molecular weight excluding hydrogens is 364 g/mol. The Balaban J connectivity index is 1.49. The molecule has 29 heavy (non-hydrogen) atoms. The number of rotatable bonds is 6. The van der Waals surface area contributed by atoms with Crippen molar-refractivity contribution in [3.8, 4) is 5.75 Å². The minimum atomic E-state index is -0.0653. The molecule has 0 atom stereocenters. The van der Waals surface area contributed by atoms with E-state index in [9.17, 15) is 9.59 Å². The fourth-order valence-electron chi connectivity index (χ4n) is 3.63. The summed E-state index contributed by atoms with van der Waals surface area (Å²) in [6, 6.07) is 15.6. The zero-order valence-corrected chi connectivity index (χ0v) is 17.5. The maximum absolute atomic E-state index is 12.6. The second-order valence-electron chi connectivity index (χ2n) is 7.99. The molecule has 0 bridgehead atoms. The number of likely N-dealkylation sites (tertiary alicyclic amines) is 1. The van der Waals surface area contributed by atoms with Crippen LogP contribution in [0.3, 0.4) is 0 Å². The van der Waals surface area contributed by atoms with E-state index in [0.717, 1.165) is 22.6 Å². The molecule has 1 fully saturated rings. The Morgan fingerprint density at radius 1 is 1.10 bits per heavy atom. The summed E-state index contributed by atoms with van der Waals surface area (Å²) in [5.74, 6) is 1.05. The van der Waals surface area contributed by atoms with Crippen molar-refractivity contribution in [2.45, 2.75) is 39.5 Å². The van der Waals surface area contributed by atoms with Gasteiger partial charge >= 0.3 is 0 Å². The van der Waals surface area contributed by atoms with Gasteiger partial charge in [-0.2, -0.15) is 0 Å². The number of piperidine rings is 1. The van der Waals surface area contributed by atoms with Gasteiger partial charge in [0.2, 0.25) is 5.91 Å². The number of benzene rings is 2. The number of nitrogens with zero attached hydrogens (tertiary/aromatic N) is 1. The molecule has 2 aromatic rings. The molecular formula is C24H30N2O3. The Morgan fingerprint density at radius 3 is 2.45 bits per heavy atom. The van der Waals surface area contributed by atoms with Gasteiger partial charge in [0.25, 0.3) is 5.91 Å². The number of amides is 2. The number of aryl methyl sites for hydroxylation is 1. The highest BCUT2D eigenvalue weighted by atomic mass is 16.5. The summed E-state index contributed by atoms with van der Waals surface area (Å²) in [5.41, 5.74) is 3.03. The van der Waals surface area contributed by atoms with Crippen LogP contribution in [0.25, 0.3) is 0 Å². The third-order valence-corrected chi connectivity index (χ3v) is 5.40. The summed E-state index contributed by atoms with van der Waals surface area (Å²) in [6.45, 7) is 7.45. The Labute approximate surface area is 173 Å². The average molecular weight is 395 g/mol. The van der Waals surface area contributed by atoms with Gasteiger partial charge in [0, 0.05) is 24.7 Å². The summed E-state index contributed by atoms with van der Waals surface area (Å²) in [6.07, 6.45) is 1.35. The number of hydrogen-bond acceptors (Lipinski definition) is 3. The Kier molecular flexibility index (Phi) is 6.91. The number of para-hydroxylation sites is 1. The quantitative estimate of drug-likeness (QED) is 0.791. The van der Waals surface area contributed by atoms with E-state index in [1.54, 1.807) is 4.90 Å². The summed E-state index contributed by atoms with van der Waals surface area (Å²) >= 11 is 0. The van der Waals surface area contributed by atoms with Crippen molar-refractivity contribution >= 4 is 17.5 Å². The van der Waals surface area contributed by atoms with E-state index in [-0.39, 0.29) is 24.3 Å². The predicted molar refractivity (Wildman–Crippen MR) is 115 cm³/mol. The number of hydrogen-bond donors (Lipinski definition) is 1. The van der Waals surface area contributed by atoms with Crippen LogP contribution in [0.1, 0.15) is 43.7 Å². The number of anilines is 1. The lowest BCUT2D eigenvalue weighted by Crippen LogP contribution is -2.43. The number of ether oxygens (including phenoxy) is 1. The van der Waals surface area contributed by atoms with Gasteiger partial charge in [0.1, 0.15) is 5.75 Å². The first-order valence-electron chi connectivity index (χ1n) is 10.3. The highest BCUT2D eigenvalue weighted by Gasteiger charge is 2.27.